The van der Waals surface area contributed by atoms with Crippen LogP contribution in [0.25, 0.3) is 0 Å². The molecule has 1 aromatic carbocycles. The number of benzene rings is 1. The lowest BCUT2D eigenvalue weighted by Crippen LogP contribution is -2.41. The molecule has 0 bridgehead atoms. The molecule has 0 spiro atoms. The third-order valence-electron chi connectivity index (χ3n) is 3.54. The number of phenolic OH excluding ortho intramolecular Hbond substituents is 1. The lowest BCUT2D eigenvalue weighted by molar-refractivity contribution is -0.120. The molecule has 6 heteroatoms. The summed E-state index contributed by atoms with van der Waals surface area (Å²) in [6, 6.07) is 4.73. The van der Waals surface area contributed by atoms with Gasteiger partial charge in [0.15, 0.2) is 0 Å². The Balaban J connectivity index is 2.03. The van der Waals surface area contributed by atoms with Gasteiger partial charge in [-0.1, -0.05) is 6.92 Å². The summed E-state index contributed by atoms with van der Waals surface area (Å²) in [5.74, 6) is 0.166. The van der Waals surface area contributed by atoms with Crippen LogP contribution in [-0.4, -0.2) is 43.9 Å². The van der Waals surface area contributed by atoms with Crippen LogP contribution in [0.5, 0.6) is 11.5 Å². The highest BCUT2D eigenvalue weighted by atomic mass is 16.5. The van der Waals surface area contributed by atoms with Gasteiger partial charge < -0.3 is 25.2 Å². The first-order chi connectivity index (χ1) is 10.2. The number of anilines is 1. The summed E-state index contributed by atoms with van der Waals surface area (Å²) in [5.41, 5.74) is 0.348. The van der Waals surface area contributed by atoms with E-state index in [0.717, 1.165) is 13.0 Å². The Labute approximate surface area is 124 Å². The molecule has 1 heterocycles. The average Bonchev–Trinajstić information content (AvgIpc) is 2.95. The Morgan fingerprint density at radius 2 is 2.29 bits per heavy atom. The number of phenols is 1. The highest BCUT2D eigenvalue weighted by Gasteiger charge is 2.33. The Hall–Kier alpha value is -1.79. The monoisotopic (exact) mass is 294 g/mol. The minimum atomic E-state index is -0.262. The van der Waals surface area contributed by atoms with Crippen LogP contribution in [0.2, 0.25) is 0 Å². The molecule has 6 nitrogen and oxygen atoms in total. The maximum Gasteiger partial charge on any atom is 0.231 e. The normalized spacial score (nSPS) is 21.2. The molecule has 1 fully saturated rings. The minimum absolute atomic E-state index is 0.0118. The number of aromatic hydroxyl groups is 1. The lowest BCUT2D eigenvalue weighted by Gasteiger charge is -2.19. The number of rotatable bonds is 6. The van der Waals surface area contributed by atoms with E-state index in [1.807, 2.05) is 0 Å². The molecular formula is C15H22N2O4. The van der Waals surface area contributed by atoms with Crippen LogP contribution in [0.3, 0.4) is 0 Å². The zero-order chi connectivity index (χ0) is 15.2. The second-order valence-electron chi connectivity index (χ2n) is 5.08. The van der Waals surface area contributed by atoms with Crippen LogP contribution in [-0.2, 0) is 9.53 Å². The van der Waals surface area contributed by atoms with Gasteiger partial charge in [0.25, 0.3) is 0 Å². The van der Waals surface area contributed by atoms with E-state index in [0.29, 0.717) is 24.7 Å². The molecule has 0 saturated carbocycles. The van der Waals surface area contributed by atoms with E-state index in [9.17, 15) is 9.90 Å². The zero-order valence-electron chi connectivity index (χ0n) is 12.4. The Kier molecular flexibility index (Phi) is 5.41. The van der Waals surface area contributed by atoms with Crippen molar-refractivity contribution in [3.05, 3.63) is 18.2 Å². The molecule has 1 aliphatic heterocycles. The number of methoxy groups -OCH3 is 1. The van der Waals surface area contributed by atoms with Gasteiger partial charge in [0.05, 0.1) is 31.9 Å². The molecule has 116 valence electrons. The van der Waals surface area contributed by atoms with Crippen LogP contribution < -0.4 is 15.4 Å². The van der Waals surface area contributed by atoms with Gasteiger partial charge in [0.1, 0.15) is 11.5 Å². The van der Waals surface area contributed by atoms with Crippen LogP contribution in [0, 0.1) is 5.92 Å². The first-order valence-corrected chi connectivity index (χ1v) is 7.14. The smallest absolute Gasteiger partial charge is 0.231 e. The first kappa shape index (κ1) is 15.6. The van der Waals surface area contributed by atoms with Gasteiger partial charge in [0, 0.05) is 12.1 Å². The number of carbonyl (C=O) groups is 1. The summed E-state index contributed by atoms with van der Waals surface area (Å²) in [6.07, 6.45) is 1.00. The van der Waals surface area contributed by atoms with Crippen LogP contribution >= 0.6 is 0 Å². The van der Waals surface area contributed by atoms with Crippen molar-refractivity contribution >= 4 is 11.6 Å². The van der Waals surface area contributed by atoms with Crippen molar-refractivity contribution in [2.75, 3.05) is 32.2 Å². The highest BCUT2D eigenvalue weighted by Crippen LogP contribution is 2.28. The second-order valence-corrected chi connectivity index (χ2v) is 5.08. The van der Waals surface area contributed by atoms with Crippen molar-refractivity contribution in [2.24, 2.45) is 5.92 Å². The van der Waals surface area contributed by atoms with Crippen molar-refractivity contribution in [3.8, 4) is 11.5 Å². The van der Waals surface area contributed by atoms with E-state index in [2.05, 4.69) is 17.6 Å². The van der Waals surface area contributed by atoms with Crippen molar-refractivity contribution in [1.29, 1.82) is 0 Å². The molecular weight excluding hydrogens is 272 g/mol. The predicted molar refractivity (Wildman–Crippen MR) is 79.7 cm³/mol. The van der Waals surface area contributed by atoms with Gasteiger partial charge in [-0.2, -0.15) is 0 Å². The SMILES string of the molecule is CCCNC1COCC1C(=O)Nc1cc(OC)ccc1O. The molecule has 1 saturated heterocycles. The molecule has 1 aromatic rings. The maximum absolute atomic E-state index is 12.4. The van der Waals surface area contributed by atoms with Crippen LogP contribution in [0.15, 0.2) is 18.2 Å². The van der Waals surface area contributed by atoms with Gasteiger partial charge in [-0.15, -0.1) is 0 Å². The van der Waals surface area contributed by atoms with Gasteiger partial charge in [0.2, 0.25) is 5.91 Å². The van der Waals surface area contributed by atoms with E-state index in [1.54, 1.807) is 12.1 Å². The van der Waals surface area contributed by atoms with Crippen molar-refractivity contribution < 1.29 is 19.4 Å². The molecule has 3 N–H and O–H groups in total. The molecule has 2 rings (SSSR count). The molecule has 21 heavy (non-hydrogen) atoms. The fraction of sp³-hybridized carbons (Fsp3) is 0.533. The maximum atomic E-state index is 12.4. The quantitative estimate of drug-likeness (QED) is 0.690. The number of nitrogens with one attached hydrogen (secondary N) is 2. The molecule has 0 aliphatic carbocycles. The van der Waals surface area contributed by atoms with Crippen LogP contribution in [0.4, 0.5) is 5.69 Å². The first-order valence-electron chi connectivity index (χ1n) is 7.14. The molecule has 2 unspecified atom stereocenters. The lowest BCUT2D eigenvalue weighted by atomic mass is 10.0. The van der Waals surface area contributed by atoms with Gasteiger partial charge >= 0.3 is 0 Å². The molecule has 0 aromatic heterocycles. The third-order valence-corrected chi connectivity index (χ3v) is 3.54. The molecule has 1 aliphatic rings. The van der Waals surface area contributed by atoms with Crippen molar-refractivity contribution in [1.82, 2.24) is 5.32 Å². The molecule has 0 radical (unpaired) electrons. The van der Waals surface area contributed by atoms with Gasteiger partial charge in [-0.3, -0.25) is 4.79 Å². The zero-order valence-corrected chi connectivity index (χ0v) is 12.4. The topological polar surface area (TPSA) is 79.8 Å². The molecule has 1 amide bonds. The Bertz CT molecular complexity index is 493. The number of carbonyl (C=O) groups excluding carboxylic acids is 1. The standard InChI is InChI=1S/C15H22N2O4/c1-3-6-16-13-9-21-8-11(13)15(19)17-12-7-10(20-2)4-5-14(12)18/h4-5,7,11,13,16,18H,3,6,8-9H2,1-2H3,(H,17,19). The minimum Gasteiger partial charge on any atom is -0.506 e. The molecule has 2 atom stereocenters. The van der Waals surface area contributed by atoms with E-state index < -0.39 is 0 Å². The summed E-state index contributed by atoms with van der Waals surface area (Å²) >= 11 is 0. The average molecular weight is 294 g/mol. The number of hydrogen-bond donors (Lipinski definition) is 3. The Morgan fingerprint density at radius 1 is 1.48 bits per heavy atom. The van der Waals surface area contributed by atoms with E-state index in [4.69, 9.17) is 9.47 Å². The number of hydrogen-bond acceptors (Lipinski definition) is 5. The summed E-state index contributed by atoms with van der Waals surface area (Å²) in [6.45, 7) is 3.84. The van der Waals surface area contributed by atoms with Crippen molar-refractivity contribution in [3.63, 3.8) is 0 Å². The van der Waals surface area contributed by atoms with Crippen molar-refractivity contribution in [2.45, 2.75) is 19.4 Å². The third kappa shape index (κ3) is 3.86. The number of amides is 1. The predicted octanol–water partition coefficient (Wildman–Crippen LogP) is 1.35. The summed E-state index contributed by atoms with van der Waals surface area (Å²) in [4.78, 5) is 12.4. The highest BCUT2D eigenvalue weighted by molar-refractivity contribution is 5.94. The summed E-state index contributed by atoms with van der Waals surface area (Å²) < 4.78 is 10.5. The fourth-order valence-electron chi connectivity index (χ4n) is 2.31. The summed E-state index contributed by atoms with van der Waals surface area (Å²) in [5, 5.41) is 15.9. The van der Waals surface area contributed by atoms with Gasteiger partial charge in [-0.05, 0) is 25.1 Å². The summed E-state index contributed by atoms with van der Waals surface area (Å²) in [7, 11) is 1.54. The fourth-order valence-corrected chi connectivity index (χ4v) is 2.31. The van der Waals surface area contributed by atoms with E-state index >= 15 is 0 Å². The Morgan fingerprint density at radius 3 is 3.00 bits per heavy atom. The second kappa shape index (κ2) is 7.28. The van der Waals surface area contributed by atoms with Gasteiger partial charge in [-0.25, -0.2) is 0 Å². The van der Waals surface area contributed by atoms with Crippen LogP contribution in [0.1, 0.15) is 13.3 Å². The van der Waals surface area contributed by atoms with E-state index in [-0.39, 0.29) is 23.6 Å². The number of ether oxygens (including phenoxy) is 2. The van der Waals surface area contributed by atoms with E-state index in [1.165, 1.54) is 13.2 Å². The largest absolute Gasteiger partial charge is 0.506 e.